The highest BCUT2D eigenvalue weighted by Gasteiger charge is 2.35. The van der Waals surface area contributed by atoms with Crippen LogP contribution in [-0.4, -0.2) is 50.9 Å². The van der Waals surface area contributed by atoms with E-state index in [1.54, 1.807) is 53.4 Å². The maximum Gasteiger partial charge on any atom is 0.264 e. The number of hydrogen-bond donors (Lipinski definition) is 1. The Morgan fingerprint density at radius 2 is 1.47 bits per heavy atom. The maximum atomic E-state index is 14.7. The van der Waals surface area contributed by atoms with Crippen molar-refractivity contribution in [1.82, 2.24) is 10.2 Å². The van der Waals surface area contributed by atoms with E-state index in [1.165, 1.54) is 7.11 Å². The Hall–Kier alpha value is -4.63. The van der Waals surface area contributed by atoms with Gasteiger partial charge in [0, 0.05) is 25.1 Å². The number of benzene rings is 4. The Kier molecular flexibility index (Phi) is 11.3. The molecule has 246 valence electrons. The quantitative estimate of drug-likeness (QED) is 0.183. The number of nitrogens with zero attached hydrogens (tertiary/aromatic N) is 2. The summed E-state index contributed by atoms with van der Waals surface area (Å²) >= 11 is 0. The van der Waals surface area contributed by atoms with Gasteiger partial charge >= 0.3 is 0 Å². The van der Waals surface area contributed by atoms with Gasteiger partial charge in [-0.05, 0) is 55.2 Å². The lowest BCUT2D eigenvalue weighted by atomic mass is 9.94. The molecule has 1 fully saturated rings. The summed E-state index contributed by atoms with van der Waals surface area (Å²) in [4.78, 5) is 30.4. The molecule has 1 aliphatic carbocycles. The second-order valence-corrected chi connectivity index (χ2v) is 13.9. The normalized spacial score (nSPS) is 14.2. The smallest absolute Gasteiger partial charge is 0.264 e. The van der Waals surface area contributed by atoms with Gasteiger partial charge in [0.1, 0.15) is 18.3 Å². The summed E-state index contributed by atoms with van der Waals surface area (Å²) in [6, 6.07) is 31.4. The molecule has 1 unspecified atom stereocenters. The van der Waals surface area contributed by atoms with E-state index in [1.807, 2.05) is 67.6 Å². The Balaban J connectivity index is 1.56. The van der Waals surface area contributed by atoms with Crippen molar-refractivity contribution < 1.29 is 22.7 Å². The molecule has 1 aliphatic rings. The summed E-state index contributed by atoms with van der Waals surface area (Å²) in [5, 5.41) is 3.24. The first-order valence-electron chi connectivity index (χ1n) is 16.2. The molecular weight excluding hydrogens is 611 g/mol. The molecule has 0 spiro atoms. The molecule has 4 aromatic rings. The third kappa shape index (κ3) is 8.80. The standard InChI is InChI=1S/C38H43N3O5S/c1-29-21-23-35(24-22-29)47(44,45)41(33-19-12-20-34(26-33)46-2)28-37(42)40(27-31-15-8-4-9-16-31)36(25-30-13-6-3-7-14-30)38(43)39-32-17-10-5-11-18-32/h3-4,6-9,12-16,19-24,26,32,36H,5,10-11,17-18,25,27-28H2,1-2H3,(H,39,43). The van der Waals surface area contributed by atoms with Crippen molar-refractivity contribution >= 4 is 27.5 Å². The van der Waals surface area contributed by atoms with Crippen molar-refractivity contribution in [2.45, 2.75) is 69.0 Å². The number of ether oxygens (including phenoxy) is 1. The second kappa shape index (κ2) is 15.8. The van der Waals surface area contributed by atoms with Crippen molar-refractivity contribution in [3.8, 4) is 5.75 Å². The number of amides is 2. The number of aryl methyl sites for hydroxylation is 1. The van der Waals surface area contributed by atoms with Gasteiger partial charge in [-0.3, -0.25) is 13.9 Å². The van der Waals surface area contributed by atoms with Crippen molar-refractivity contribution in [2.75, 3.05) is 18.0 Å². The van der Waals surface area contributed by atoms with Crippen LogP contribution in [0.3, 0.4) is 0 Å². The number of carbonyl (C=O) groups excluding carboxylic acids is 2. The van der Waals surface area contributed by atoms with Crippen molar-refractivity contribution in [3.63, 3.8) is 0 Å². The van der Waals surface area contributed by atoms with Crippen molar-refractivity contribution in [2.24, 2.45) is 0 Å². The fraction of sp³-hybridized carbons (Fsp3) is 0.316. The molecule has 4 aromatic carbocycles. The van der Waals surface area contributed by atoms with Crippen LogP contribution in [-0.2, 0) is 32.6 Å². The Labute approximate surface area is 278 Å². The lowest BCUT2D eigenvalue weighted by Crippen LogP contribution is -2.55. The molecule has 0 bridgehead atoms. The average molecular weight is 654 g/mol. The lowest BCUT2D eigenvalue weighted by molar-refractivity contribution is -0.140. The Morgan fingerprint density at radius 1 is 0.830 bits per heavy atom. The highest BCUT2D eigenvalue weighted by molar-refractivity contribution is 7.92. The topological polar surface area (TPSA) is 96.0 Å². The summed E-state index contributed by atoms with van der Waals surface area (Å²) < 4.78 is 35.0. The molecule has 0 aliphatic heterocycles. The van der Waals surface area contributed by atoms with E-state index in [2.05, 4.69) is 5.32 Å². The van der Waals surface area contributed by atoms with Crippen LogP contribution in [0.4, 0.5) is 5.69 Å². The number of methoxy groups -OCH3 is 1. The van der Waals surface area contributed by atoms with Gasteiger partial charge in [0.05, 0.1) is 17.7 Å². The summed E-state index contributed by atoms with van der Waals surface area (Å²) in [7, 11) is -2.69. The number of hydrogen-bond acceptors (Lipinski definition) is 5. The van der Waals surface area contributed by atoms with Gasteiger partial charge in [0.15, 0.2) is 0 Å². The number of nitrogens with one attached hydrogen (secondary N) is 1. The van der Waals surface area contributed by atoms with E-state index < -0.39 is 28.5 Å². The molecule has 0 heterocycles. The van der Waals surface area contributed by atoms with Crippen LogP contribution < -0.4 is 14.4 Å². The van der Waals surface area contributed by atoms with Gasteiger partial charge < -0.3 is 15.0 Å². The molecule has 2 amide bonds. The minimum atomic E-state index is -4.20. The predicted octanol–water partition coefficient (Wildman–Crippen LogP) is 6.29. The Morgan fingerprint density at radius 3 is 2.11 bits per heavy atom. The predicted molar refractivity (Wildman–Crippen MR) is 185 cm³/mol. The zero-order valence-electron chi connectivity index (χ0n) is 27.0. The fourth-order valence-corrected chi connectivity index (χ4v) is 7.42. The van der Waals surface area contributed by atoms with Crippen LogP contribution in [0.1, 0.15) is 48.8 Å². The third-order valence-electron chi connectivity index (χ3n) is 8.65. The van der Waals surface area contributed by atoms with Gasteiger partial charge in [0.2, 0.25) is 11.8 Å². The highest BCUT2D eigenvalue weighted by Crippen LogP contribution is 2.28. The molecule has 0 aromatic heterocycles. The molecule has 5 rings (SSSR count). The monoisotopic (exact) mass is 653 g/mol. The molecule has 1 atom stereocenters. The van der Waals surface area contributed by atoms with Gasteiger partial charge in [0.25, 0.3) is 10.0 Å². The summed E-state index contributed by atoms with van der Waals surface area (Å²) in [5.74, 6) is -0.277. The average Bonchev–Trinajstić information content (AvgIpc) is 3.10. The van der Waals surface area contributed by atoms with Crippen LogP contribution >= 0.6 is 0 Å². The first kappa shape index (κ1) is 33.7. The van der Waals surface area contributed by atoms with E-state index >= 15 is 0 Å². The zero-order valence-corrected chi connectivity index (χ0v) is 27.9. The summed E-state index contributed by atoms with van der Waals surface area (Å²) in [6.45, 7) is 1.50. The van der Waals surface area contributed by atoms with Gasteiger partial charge in [-0.15, -0.1) is 0 Å². The molecule has 0 saturated heterocycles. The first-order chi connectivity index (χ1) is 22.7. The lowest BCUT2D eigenvalue weighted by Gasteiger charge is -2.35. The molecule has 47 heavy (non-hydrogen) atoms. The van der Waals surface area contributed by atoms with E-state index in [4.69, 9.17) is 4.74 Å². The molecule has 9 heteroatoms. The number of anilines is 1. The largest absolute Gasteiger partial charge is 0.497 e. The zero-order chi connectivity index (χ0) is 33.2. The fourth-order valence-electron chi connectivity index (χ4n) is 6.01. The van der Waals surface area contributed by atoms with E-state index in [0.717, 1.165) is 53.1 Å². The van der Waals surface area contributed by atoms with Crippen LogP contribution in [0, 0.1) is 6.92 Å². The third-order valence-corrected chi connectivity index (χ3v) is 10.4. The van der Waals surface area contributed by atoms with Crippen LogP contribution in [0.15, 0.2) is 114 Å². The van der Waals surface area contributed by atoms with Crippen LogP contribution in [0.2, 0.25) is 0 Å². The summed E-state index contributed by atoms with van der Waals surface area (Å²) in [5.41, 5.74) is 2.93. The summed E-state index contributed by atoms with van der Waals surface area (Å²) in [6.07, 6.45) is 5.32. The van der Waals surface area contributed by atoms with Gasteiger partial charge in [-0.25, -0.2) is 8.42 Å². The molecule has 1 N–H and O–H groups in total. The van der Waals surface area contributed by atoms with Crippen molar-refractivity contribution in [1.29, 1.82) is 0 Å². The van der Waals surface area contributed by atoms with E-state index in [-0.39, 0.29) is 35.5 Å². The Bertz CT molecular complexity index is 1720. The molecule has 8 nitrogen and oxygen atoms in total. The number of rotatable bonds is 13. The van der Waals surface area contributed by atoms with E-state index in [0.29, 0.717) is 5.75 Å². The van der Waals surface area contributed by atoms with Crippen LogP contribution in [0.5, 0.6) is 5.75 Å². The van der Waals surface area contributed by atoms with Crippen LogP contribution in [0.25, 0.3) is 0 Å². The van der Waals surface area contributed by atoms with E-state index in [9.17, 15) is 18.0 Å². The molecule has 0 radical (unpaired) electrons. The molecule has 1 saturated carbocycles. The first-order valence-corrected chi connectivity index (χ1v) is 17.6. The minimum Gasteiger partial charge on any atom is -0.497 e. The number of carbonyl (C=O) groups is 2. The van der Waals surface area contributed by atoms with Gasteiger partial charge in [-0.1, -0.05) is 104 Å². The van der Waals surface area contributed by atoms with Crippen molar-refractivity contribution in [3.05, 3.63) is 126 Å². The SMILES string of the molecule is COc1cccc(N(CC(=O)N(Cc2ccccc2)C(Cc2ccccc2)C(=O)NC2CCCCC2)S(=O)(=O)c2ccc(C)cc2)c1. The second-order valence-electron chi connectivity index (χ2n) is 12.1. The number of sulfonamides is 1. The molecular formula is C38H43N3O5S. The minimum absolute atomic E-state index is 0.0402. The highest BCUT2D eigenvalue weighted by atomic mass is 32.2. The maximum absolute atomic E-state index is 14.7. The van der Waals surface area contributed by atoms with Gasteiger partial charge in [-0.2, -0.15) is 0 Å².